The Labute approximate surface area is 162 Å². The molecule has 0 spiro atoms. The fraction of sp³-hybridized carbons (Fsp3) is 0.250. The SMILES string of the molecule is CC(C)(CCc1cnc(Br)s1)[Si](O)(c1ccccc1)c1ccccc1. The molecule has 3 aromatic rings. The Morgan fingerprint density at radius 2 is 1.52 bits per heavy atom. The van der Waals surface area contributed by atoms with Crippen LogP contribution in [0.3, 0.4) is 0 Å². The number of aromatic nitrogens is 1. The van der Waals surface area contributed by atoms with E-state index in [9.17, 15) is 4.80 Å². The maximum Gasteiger partial charge on any atom is 0.258 e. The molecule has 0 atom stereocenters. The molecule has 0 amide bonds. The molecule has 25 heavy (non-hydrogen) atoms. The lowest BCUT2D eigenvalue weighted by molar-refractivity contribution is 0.467. The summed E-state index contributed by atoms with van der Waals surface area (Å²) in [6.07, 6.45) is 3.76. The van der Waals surface area contributed by atoms with E-state index in [0.29, 0.717) is 0 Å². The third kappa shape index (κ3) is 3.79. The maximum absolute atomic E-state index is 12.1. The van der Waals surface area contributed by atoms with Gasteiger partial charge < -0.3 is 4.80 Å². The van der Waals surface area contributed by atoms with Crippen LogP contribution in [0.15, 0.2) is 70.8 Å². The molecule has 2 aromatic carbocycles. The molecule has 2 nitrogen and oxygen atoms in total. The minimum atomic E-state index is -2.90. The number of hydrogen-bond donors (Lipinski definition) is 1. The molecule has 1 N–H and O–H groups in total. The molecule has 0 bridgehead atoms. The van der Waals surface area contributed by atoms with Crippen LogP contribution in [0, 0.1) is 0 Å². The highest BCUT2D eigenvalue weighted by atomic mass is 79.9. The summed E-state index contributed by atoms with van der Waals surface area (Å²) in [5.41, 5.74) is 0. The molecule has 0 fully saturated rings. The second-order valence-corrected chi connectivity index (χ2v) is 13.2. The van der Waals surface area contributed by atoms with Crippen LogP contribution in [0.4, 0.5) is 0 Å². The van der Waals surface area contributed by atoms with Crippen molar-refractivity contribution in [1.82, 2.24) is 4.98 Å². The van der Waals surface area contributed by atoms with E-state index in [1.54, 1.807) is 11.3 Å². The van der Waals surface area contributed by atoms with Crippen LogP contribution in [-0.4, -0.2) is 18.1 Å². The van der Waals surface area contributed by atoms with Crippen molar-refractivity contribution >= 4 is 46.0 Å². The van der Waals surface area contributed by atoms with Crippen molar-refractivity contribution in [3.05, 3.63) is 75.7 Å². The van der Waals surface area contributed by atoms with E-state index >= 15 is 0 Å². The number of nitrogens with zero attached hydrogens (tertiary/aromatic N) is 1. The Kier molecular flexibility index (Phi) is 5.58. The summed E-state index contributed by atoms with van der Waals surface area (Å²) in [5, 5.41) is 1.92. The topological polar surface area (TPSA) is 33.1 Å². The Balaban J connectivity index is 1.98. The smallest absolute Gasteiger partial charge is 0.258 e. The zero-order chi connectivity index (χ0) is 17.9. The van der Waals surface area contributed by atoms with Crippen LogP contribution in [-0.2, 0) is 6.42 Å². The van der Waals surface area contributed by atoms with Crippen LogP contribution < -0.4 is 10.4 Å². The first-order chi connectivity index (χ1) is 11.9. The fourth-order valence-electron chi connectivity index (χ4n) is 3.32. The Bertz CT molecular complexity index is 780. The predicted molar refractivity (Wildman–Crippen MR) is 112 cm³/mol. The third-order valence-corrected chi connectivity index (χ3v) is 11.0. The molecule has 0 aliphatic heterocycles. The highest BCUT2D eigenvalue weighted by Gasteiger charge is 2.49. The lowest BCUT2D eigenvalue weighted by atomic mass is 10.1. The normalized spacial score (nSPS) is 12.3. The summed E-state index contributed by atoms with van der Waals surface area (Å²) in [4.78, 5) is 17.6. The van der Waals surface area contributed by atoms with E-state index in [-0.39, 0.29) is 5.04 Å². The van der Waals surface area contributed by atoms with Crippen LogP contribution in [0.1, 0.15) is 25.1 Å². The van der Waals surface area contributed by atoms with Gasteiger partial charge in [-0.1, -0.05) is 74.5 Å². The summed E-state index contributed by atoms with van der Waals surface area (Å²) in [6, 6.07) is 20.4. The zero-order valence-corrected chi connectivity index (χ0v) is 17.8. The monoisotopic (exact) mass is 431 g/mol. The van der Waals surface area contributed by atoms with Gasteiger partial charge in [0.1, 0.15) is 0 Å². The zero-order valence-electron chi connectivity index (χ0n) is 14.4. The molecule has 1 aromatic heterocycles. The third-order valence-electron chi connectivity index (χ3n) is 4.88. The minimum Gasteiger partial charge on any atom is -0.424 e. The molecule has 3 rings (SSSR count). The van der Waals surface area contributed by atoms with Crippen LogP contribution >= 0.6 is 27.3 Å². The number of halogens is 1. The molecule has 0 unspecified atom stereocenters. The first-order valence-electron chi connectivity index (χ1n) is 8.37. The molecular weight excluding hydrogens is 410 g/mol. The second-order valence-electron chi connectivity index (χ2n) is 6.91. The number of hydrogen-bond acceptors (Lipinski definition) is 3. The molecule has 0 saturated heterocycles. The molecule has 5 heteroatoms. The minimum absolute atomic E-state index is 0.216. The van der Waals surface area contributed by atoms with Crippen molar-refractivity contribution in [2.45, 2.75) is 31.7 Å². The molecule has 1 heterocycles. The maximum atomic E-state index is 12.1. The molecule has 0 saturated carbocycles. The van der Waals surface area contributed by atoms with Gasteiger partial charge in [0.05, 0.1) is 0 Å². The second kappa shape index (κ2) is 7.54. The summed E-state index contributed by atoms with van der Waals surface area (Å²) in [5.74, 6) is 0. The Morgan fingerprint density at radius 3 is 1.96 bits per heavy atom. The van der Waals surface area contributed by atoms with E-state index < -0.39 is 8.32 Å². The van der Waals surface area contributed by atoms with Crippen LogP contribution in [0.25, 0.3) is 0 Å². The first-order valence-corrected chi connectivity index (χ1v) is 11.9. The van der Waals surface area contributed by atoms with Gasteiger partial charge in [-0.15, -0.1) is 11.3 Å². The lowest BCUT2D eigenvalue weighted by Gasteiger charge is -2.41. The first kappa shape index (κ1) is 18.5. The standard InChI is InChI=1S/C20H22BrNOSSi/c1-20(2,14-13-16-15-22-19(21)24-16)25(23,17-9-5-3-6-10-17)18-11-7-4-8-12-18/h3-12,15,23H,13-14H2,1-2H3. The Hall–Kier alpha value is -1.27. The molecular formula is C20H22BrNOSSi. The predicted octanol–water partition coefficient (Wildman–Crippen LogP) is 4.37. The van der Waals surface area contributed by atoms with Crippen LogP contribution in [0.2, 0.25) is 5.04 Å². The van der Waals surface area contributed by atoms with Crippen molar-refractivity contribution in [3.8, 4) is 0 Å². The molecule has 0 aliphatic rings. The fourth-order valence-corrected chi connectivity index (χ4v) is 8.41. The average molecular weight is 432 g/mol. The summed E-state index contributed by atoms with van der Waals surface area (Å²) in [6.45, 7) is 4.41. The van der Waals surface area contributed by atoms with Crippen LogP contribution in [0.5, 0.6) is 0 Å². The summed E-state index contributed by atoms with van der Waals surface area (Å²) < 4.78 is 0.916. The van der Waals surface area contributed by atoms with E-state index in [0.717, 1.165) is 27.1 Å². The van der Waals surface area contributed by atoms with Crippen molar-refractivity contribution in [2.24, 2.45) is 0 Å². The van der Waals surface area contributed by atoms with Gasteiger partial charge in [-0.3, -0.25) is 0 Å². The lowest BCUT2D eigenvalue weighted by Crippen LogP contribution is -2.65. The average Bonchev–Trinajstić information content (AvgIpc) is 3.06. The van der Waals surface area contributed by atoms with Gasteiger partial charge in [-0.2, -0.15) is 0 Å². The van der Waals surface area contributed by atoms with Crippen molar-refractivity contribution in [3.63, 3.8) is 0 Å². The number of aryl methyl sites for hydroxylation is 1. The molecule has 0 radical (unpaired) electrons. The highest BCUT2D eigenvalue weighted by Crippen LogP contribution is 2.40. The number of rotatable bonds is 6. The quantitative estimate of drug-likeness (QED) is 0.587. The summed E-state index contributed by atoms with van der Waals surface area (Å²) in [7, 11) is -2.90. The van der Waals surface area contributed by atoms with Gasteiger partial charge in [-0.05, 0) is 44.2 Å². The number of benzene rings is 2. The van der Waals surface area contributed by atoms with E-state index in [1.165, 1.54) is 4.88 Å². The van der Waals surface area contributed by atoms with E-state index in [1.807, 2.05) is 42.6 Å². The van der Waals surface area contributed by atoms with Gasteiger partial charge in [-0.25, -0.2) is 4.98 Å². The largest absolute Gasteiger partial charge is 0.424 e. The van der Waals surface area contributed by atoms with Crippen molar-refractivity contribution < 1.29 is 4.80 Å². The summed E-state index contributed by atoms with van der Waals surface area (Å²) >= 11 is 5.10. The van der Waals surface area contributed by atoms with E-state index in [2.05, 4.69) is 59.0 Å². The molecule has 130 valence electrons. The van der Waals surface area contributed by atoms with Crippen molar-refractivity contribution in [2.75, 3.05) is 0 Å². The van der Waals surface area contributed by atoms with Crippen molar-refractivity contribution in [1.29, 1.82) is 0 Å². The van der Waals surface area contributed by atoms with Gasteiger partial charge in [0.25, 0.3) is 8.32 Å². The van der Waals surface area contributed by atoms with Gasteiger partial charge in [0, 0.05) is 11.1 Å². The van der Waals surface area contributed by atoms with Gasteiger partial charge in [0.2, 0.25) is 0 Å². The number of thiazole rings is 1. The molecule has 0 aliphatic carbocycles. The Morgan fingerprint density at radius 1 is 1.00 bits per heavy atom. The van der Waals surface area contributed by atoms with Gasteiger partial charge in [0.15, 0.2) is 3.92 Å². The highest BCUT2D eigenvalue weighted by molar-refractivity contribution is 9.11. The van der Waals surface area contributed by atoms with Gasteiger partial charge >= 0.3 is 0 Å². The van der Waals surface area contributed by atoms with E-state index in [4.69, 9.17) is 0 Å².